The number of ether oxygens (including phenoxy) is 3. The van der Waals surface area contributed by atoms with E-state index in [1.807, 2.05) is 24.0 Å². The summed E-state index contributed by atoms with van der Waals surface area (Å²) in [5.41, 5.74) is 1.23. The molecule has 0 saturated carbocycles. The van der Waals surface area contributed by atoms with Gasteiger partial charge in [0.15, 0.2) is 0 Å². The number of methoxy groups -OCH3 is 1. The van der Waals surface area contributed by atoms with E-state index in [1.165, 1.54) is 5.56 Å². The van der Waals surface area contributed by atoms with Crippen molar-refractivity contribution >= 4 is 5.91 Å². The Balaban J connectivity index is 1.57. The number of hydrogen-bond donors (Lipinski definition) is 0. The lowest BCUT2D eigenvalue weighted by Gasteiger charge is -2.36. The van der Waals surface area contributed by atoms with Gasteiger partial charge in [-0.05, 0) is 50.8 Å². The highest BCUT2D eigenvalue weighted by Gasteiger charge is 2.29. The molecule has 0 radical (unpaired) electrons. The van der Waals surface area contributed by atoms with E-state index in [9.17, 15) is 4.79 Å². The molecule has 0 spiro atoms. The average Bonchev–Trinajstić information content (AvgIpc) is 2.74. The fourth-order valence-electron chi connectivity index (χ4n) is 4.26. The van der Waals surface area contributed by atoms with Crippen LogP contribution in [-0.4, -0.2) is 62.2 Å². The second kappa shape index (κ2) is 10.7. The van der Waals surface area contributed by atoms with Gasteiger partial charge in [-0.3, -0.25) is 9.69 Å². The molecule has 0 bridgehead atoms. The standard InChI is InChI=1S/C24H36N2O4/c1-18(2)15-26(24(27)23-19(3)29-13-14-30-23)16-20-9-11-25(12-10-20)17-21-7-5-6-8-22(21)28-4/h5-8,18,20H,9-17H2,1-4H3. The first-order chi connectivity index (χ1) is 14.5. The normalized spacial score (nSPS) is 18.2. The smallest absolute Gasteiger partial charge is 0.292 e. The summed E-state index contributed by atoms with van der Waals surface area (Å²) >= 11 is 0. The zero-order valence-corrected chi connectivity index (χ0v) is 18.9. The second-order valence-electron chi connectivity index (χ2n) is 8.72. The van der Waals surface area contributed by atoms with E-state index >= 15 is 0 Å². The maximum absolute atomic E-state index is 13.1. The number of para-hydroxylation sites is 1. The van der Waals surface area contributed by atoms with Crippen molar-refractivity contribution in [1.29, 1.82) is 0 Å². The Hall–Kier alpha value is -2.21. The largest absolute Gasteiger partial charge is 0.496 e. The highest BCUT2D eigenvalue weighted by molar-refractivity contribution is 5.92. The summed E-state index contributed by atoms with van der Waals surface area (Å²) in [6.45, 7) is 11.6. The quantitative estimate of drug-likeness (QED) is 0.647. The summed E-state index contributed by atoms with van der Waals surface area (Å²) < 4.78 is 16.7. The van der Waals surface area contributed by atoms with Crippen molar-refractivity contribution in [2.75, 3.05) is 46.5 Å². The Morgan fingerprint density at radius 3 is 2.57 bits per heavy atom. The van der Waals surface area contributed by atoms with Crippen LogP contribution in [0.15, 0.2) is 35.8 Å². The van der Waals surface area contributed by atoms with Crippen molar-refractivity contribution in [3.05, 3.63) is 41.3 Å². The van der Waals surface area contributed by atoms with Gasteiger partial charge in [0.1, 0.15) is 24.7 Å². The molecule has 1 saturated heterocycles. The van der Waals surface area contributed by atoms with Crippen molar-refractivity contribution in [2.24, 2.45) is 11.8 Å². The Morgan fingerprint density at radius 2 is 1.90 bits per heavy atom. The molecule has 1 aromatic carbocycles. The molecule has 1 amide bonds. The van der Waals surface area contributed by atoms with E-state index in [0.29, 0.717) is 36.6 Å². The number of hydrogen-bond acceptors (Lipinski definition) is 5. The topological polar surface area (TPSA) is 51.2 Å². The van der Waals surface area contributed by atoms with Crippen LogP contribution in [0.5, 0.6) is 5.75 Å². The summed E-state index contributed by atoms with van der Waals surface area (Å²) in [7, 11) is 1.73. The van der Waals surface area contributed by atoms with Gasteiger partial charge in [0.25, 0.3) is 5.91 Å². The molecule has 0 atom stereocenters. The van der Waals surface area contributed by atoms with Crippen molar-refractivity contribution in [1.82, 2.24) is 9.80 Å². The Kier molecular flexibility index (Phi) is 8.02. The number of amides is 1. The van der Waals surface area contributed by atoms with Crippen LogP contribution in [0.25, 0.3) is 0 Å². The average molecular weight is 417 g/mol. The fraction of sp³-hybridized carbons (Fsp3) is 0.625. The number of rotatable bonds is 8. The number of carbonyl (C=O) groups excluding carboxylic acids is 1. The van der Waals surface area contributed by atoms with Crippen LogP contribution in [0.1, 0.15) is 39.2 Å². The van der Waals surface area contributed by atoms with Crippen LogP contribution in [0.2, 0.25) is 0 Å². The van der Waals surface area contributed by atoms with Gasteiger partial charge in [-0.2, -0.15) is 0 Å². The van der Waals surface area contributed by atoms with Crippen LogP contribution in [0.4, 0.5) is 0 Å². The van der Waals surface area contributed by atoms with Crippen LogP contribution >= 0.6 is 0 Å². The first-order valence-corrected chi connectivity index (χ1v) is 11.1. The molecular weight excluding hydrogens is 380 g/mol. The van der Waals surface area contributed by atoms with E-state index in [0.717, 1.165) is 51.3 Å². The van der Waals surface area contributed by atoms with Gasteiger partial charge < -0.3 is 19.1 Å². The molecule has 0 unspecified atom stereocenters. The van der Waals surface area contributed by atoms with E-state index in [4.69, 9.17) is 14.2 Å². The number of likely N-dealkylation sites (tertiary alicyclic amines) is 1. The third-order valence-electron chi connectivity index (χ3n) is 5.81. The first-order valence-electron chi connectivity index (χ1n) is 11.1. The number of carbonyl (C=O) groups is 1. The van der Waals surface area contributed by atoms with Crippen LogP contribution < -0.4 is 4.74 Å². The highest BCUT2D eigenvalue weighted by Crippen LogP contribution is 2.25. The molecule has 2 aliphatic heterocycles. The third kappa shape index (κ3) is 5.91. The Morgan fingerprint density at radius 1 is 1.20 bits per heavy atom. The molecule has 2 heterocycles. The van der Waals surface area contributed by atoms with Crippen LogP contribution in [0.3, 0.4) is 0 Å². The van der Waals surface area contributed by atoms with Gasteiger partial charge in [-0.15, -0.1) is 0 Å². The molecule has 0 aliphatic carbocycles. The van der Waals surface area contributed by atoms with Crippen LogP contribution in [-0.2, 0) is 20.8 Å². The molecule has 0 aromatic heterocycles. The van der Waals surface area contributed by atoms with E-state index in [1.54, 1.807) is 7.11 Å². The summed E-state index contributed by atoms with van der Waals surface area (Å²) in [5.74, 6) is 2.82. The molecule has 6 heteroatoms. The zero-order valence-electron chi connectivity index (χ0n) is 18.9. The van der Waals surface area contributed by atoms with Crippen molar-refractivity contribution < 1.29 is 19.0 Å². The van der Waals surface area contributed by atoms with Crippen molar-refractivity contribution in [3.8, 4) is 5.75 Å². The SMILES string of the molecule is COc1ccccc1CN1CCC(CN(CC(C)C)C(=O)C2=C(C)OCCO2)CC1. The number of benzene rings is 1. The third-order valence-corrected chi connectivity index (χ3v) is 5.81. The molecule has 2 aliphatic rings. The van der Waals surface area contributed by atoms with E-state index < -0.39 is 0 Å². The van der Waals surface area contributed by atoms with Crippen molar-refractivity contribution in [2.45, 2.75) is 40.2 Å². The summed E-state index contributed by atoms with van der Waals surface area (Å²) in [6, 6.07) is 8.22. The summed E-state index contributed by atoms with van der Waals surface area (Å²) in [6.07, 6.45) is 2.18. The van der Waals surface area contributed by atoms with Gasteiger partial charge in [-0.25, -0.2) is 0 Å². The number of nitrogens with zero attached hydrogens (tertiary/aromatic N) is 2. The predicted molar refractivity (Wildman–Crippen MR) is 117 cm³/mol. The van der Waals surface area contributed by atoms with Crippen molar-refractivity contribution in [3.63, 3.8) is 0 Å². The molecular formula is C24H36N2O4. The minimum absolute atomic E-state index is 0.0302. The van der Waals surface area contributed by atoms with Gasteiger partial charge >= 0.3 is 0 Å². The molecule has 0 N–H and O–H groups in total. The number of allylic oxidation sites excluding steroid dienone is 1. The van der Waals surface area contributed by atoms with Gasteiger partial charge in [-0.1, -0.05) is 32.0 Å². The Bertz CT molecular complexity index is 738. The fourth-order valence-corrected chi connectivity index (χ4v) is 4.26. The van der Waals surface area contributed by atoms with E-state index in [-0.39, 0.29) is 5.91 Å². The molecule has 166 valence electrons. The predicted octanol–water partition coefficient (Wildman–Crippen LogP) is 3.67. The monoisotopic (exact) mass is 416 g/mol. The summed E-state index contributed by atoms with van der Waals surface area (Å²) in [5, 5.41) is 0. The van der Waals surface area contributed by atoms with Gasteiger partial charge in [0, 0.05) is 25.2 Å². The number of piperidine rings is 1. The first kappa shape index (κ1) is 22.5. The van der Waals surface area contributed by atoms with Gasteiger partial charge in [0.2, 0.25) is 5.76 Å². The maximum Gasteiger partial charge on any atom is 0.292 e. The van der Waals surface area contributed by atoms with Crippen LogP contribution in [0, 0.1) is 11.8 Å². The minimum atomic E-state index is -0.0302. The molecule has 6 nitrogen and oxygen atoms in total. The second-order valence-corrected chi connectivity index (χ2v) is 8.72. The lowest BCUT2D eigenvalue weighted by atomic mass is 9.95. The maximum atomic E-state index is 13.1. The van der Waals surface area contributed by atoms with Gasteiger partial charge in [0.05, 0.1) is 7.11 Å². The molecule has 1 aromatic rings. The molecule has 1 fully saturated rings. The molecule has 3 rings (SSSR count). The lowest BCUT2D eigenvalue weighted by molar-refractivity contribution is -0.134. The lowest BCUT2D eigenvalue weighted by Crippen LogP contribution is -2.43. The summed E-state index contributed by atoms with van der Waals surface area (Å²) in [4.78, 5) is 17.6. The minimum Gasteiger partial charge on any atom is -0.496 e. The highest BCUT2D eigenvalue weighted by atomic mass is 16.6. The molecule has 30 heavy (non-hydrogen) atoms. The Labute approximate surface area is 180 Å². The van der Waals surface area contributed by atoms with E-state index in [2.05, 4.69) is 30.9 Å². The zero-order chi connectivity index (χ0) is 21.5.